The van der Waals surface area contributed by atoms with Gasteiger partial charge in [0.05, 0.1) is 12.0 Å². The number of fused-ring (bicyclic) bond motifs is 1. The van der Waals surface area contributed by atoms with Crippen molar-refractivity contribution in [1.82, 2.24) is 5.32 Å². The summed E-state index contributed by atoms with van der Waals surface area (Å²) >= 11 is 5.65. The summed E-state index contributed by atoms with van der Waals surface area (Å²) in [4.78, 5) is 75.4. The molecule has 3 aromatic rings. The molecule has 0 bridgehead atoms. The Bertz CT molecular complexity index is 1670. The van der Waals surface area contributed by atoms with Gasteiger partial charge in [0.2, 0.25) is 11.8 Å². The lowest BCUT2D eigenvalue weighted by Crippen LogP contribution is -2.42. The second-order valence-electron chi connectivity index (χ2n) is 11.5. The van der Waals surface area contributed by atoms with E-state index in [1.165, 1.54) is 38.5 Å². The highest BCUT2D eigenvalue weighted by molar-refractivity contribution is 6.30. The highest BCUT2D eigenvalue weighted by Crippen LogP contribution is 2.18. The summed E-state index contributed by atoms with van der Waals surface area (Å²) in [6.07, 6.45) is 12.3. The molecule has 14 heteroatoms. The van der Waals surface area contributed by atoms with Crippen LogP contribution in [-0.4, -0.2) is 68.4 Å². The van der Waals surface area contributed by atoms with Crippen LogP contribution in [0.2, 0.25) is 5.02 Å². The minimum absolute atomic E-state index is 0.227. The average Bonchev–Trinajstić information content (AvgIpc) is 3.10. The van der Waals surface area contributed by atoms with Crippen LogP contribution in [0, 0.1) is 0 Å². The van der Waals surface area contributed by atoms with E-state index in [1.54, 1.807) is 60.7 Å². The molecule has 0 fully saturated rings. The van der Waals surface area contributed by atoms with Crippen LogP contribution in [0.1, 0.15) is 98.3 Å². The van der Waals surface area contributed by atoms with Gasteiger partial charge in [0.25, 0.3) is 0 Å². The molecule has 0 aromatic heterocycles. The van der Waals surface area contributed by atoms with Gasteiger partial charge in [0.15, 0.2) is 0 Å². The first-order chi connectivity index (χ1) is 24.7. The summed E-state index contributed by atoms with van der Waals surface area (Å²) in [5, 5.41) is 41.5. The molecular weight excluding hydrogens is 696 g/mol. The smallest absolute Gasteiger partial charge is 0.335 e. The van der Waals surface area contributed by atoms with Crippen molar-refractivity contribution >= 4 is 70.0 Å². The summed E-state index contributed by atoms with van der Waals surface area (Å²) < 4.78 is 0. The molecule has 0 aliphatic carbocycles. The second-order valence-corrected chi connectivity index (χ2v) is 12.0. The molecule has 0 radical (unpaired) electrons. The molecule has 0 aliphatic rings. The minimum atomic E-state index is -1.34. The number of aromatic carboxylic acids is 1. The zero-order valence-corrected chi connectivity index (χ0v) is 29.6. The van der Waals surface area contributed by atoms with Crippen molar-refractivity contribution in [2.45, 2.75) is 83.6 Å². The molecule has 0 saturated heterocycles. The van der Waals surface area contributed by atoms with Gasteiger partial charge in [-0.15, -0.1) is 0 Å². The summed E-state index contributed by atoms with van der Waals surface area (Å²) in [6, 6.07) is 15.2. The maximum atomic E-state index is 11.6. The third-order valence-electron chi connectivity index (χ3n) is 7.26. The largest absolute Gasteiger partial charge is 0.481 e. The van der Waals surface area contributed by atoms with Crippen molar-refractivity contribution in [3.8, 4) is 0 Å². The number of carboxylic acids is 4. The van der Waals surface area contributed by atoms with E-state index >= 15 is 0 Å². The standard InChI is InChI=1S/C16H29NO5.C12H8O3.C10H8ClNO3/c1-2-3-4-5-6-7-8-9-10-11-14(18)17-13(16(21)22)12-15(19)20;13-7-8-1-2-9-3-4-10(12(14)15)6-11(9)5-8;11-7-1-3-8(4-2-7)12-9(13)5-6-10(14)15/h13H,2-12H2,1H3,(H,17,18)(H,19,20)(H,21,22);1-7H,(H,14,15);1-6H,(H,12,13)(H,14,15)/b;;6-5-/t13-;;/m0../s1. The van der Waals surface area contributed by atoms with Crippen molar-refractivity contribution in [3.05, 3.63) is 89.0 Å². The lowest BCUT2D eigenvalue weighted by atomic mass is 10.0. The zero-order chi connectivity index (χ0) is 38.9. The van der Waals surface area contributed by atoms with Crippen molar-refractivity contribution in [3.63, 3.8) is 0 Å². The molecule has 52 heavy (non-hydrogen) atoms. The van der Waals surface area contributed by atoms with Gasteiger partial charge in [-0.1, -0.05) is 88.1 Å². The third-order valence-corrected chi connectivity index (χ3v) is 7.51. The van der Waals surface area contributed by atoms with Gasteiger partial charge in [0.1, 0.15) is 12.3 Å². The number of aldehydes is 1. The second kappa shape index (κ2) is 25.4. The number of anilines is 1. The predicted octanol–water partition coefficient (Wildman–Crippen LogP) is 7.22. The zero-order valence-electron chi connectivity index (χ0n) is 28.9. The highest BCUT2D eigenvalue weighted by atomic mass is 35.5. The molecule has 0 saturated carbocycles. The number of unbranched alkanes of at least 4 members (excludes halogenated alkanes) is 8. The number of halogens is 1. The lowest BCUT2D eigenvalue weighted by Gasteiger charge is -2.12. The fourth-order valence-corrected chi connectivity index (χ4v) is 4.70. The molecule has 13 nitrogen and oxygen atoms in total. The SMILES string of the molecule is CCCCCCCCCCCC(=O)N[C@@H](CC(=O)O)C(=O)O.O=C(O)/C=C\C(=O)Nc1ccc(Cl)cc1.O=Cc1ccc2ccc(C(=O)O)cc2c1. The Labute approximate surface area is 306 Å². The lowest BCUT2D eigenvalue weighted by molar-refractivity contribution is -0.147. The Kier molecular flexibility index (Phi) is 21.7. The molecule has 3 aromatic carbocycles. The first-order valence-corrected chi connectivity index (χ1v) is 17.1. The fraction of sp³-hybridized carbons (Fsp3) is 0.342. The quantitative estimate of drug-likeness (QED) is 0.0409. The number of carbonyl (C=O) groups excluding carboxylic acids is 3. The average molecular weight is 741 g/mol. The molecular formula is C38H45ClN2O11. The summed E-state index contributed by atoms with van der Waals surface area (Å²) in [6.45, 7) is 2.19. The van der Waals surface area contributed by atoms with E-state index in [1.807, 2.05) is 0 Å². The van der Waals surface area contributed by atoms with Crippen LogP contribution in [0.4, 0.5) is 5.69 Å². The molecule has 0 unspecified atom stereocenters. The number of amides is 2. The number of nitrogens with one attached hydrogen (secondary N) is 2. The number of hydrogen-bond donors (Lipinski definition) is 6. The highest BCUT2D eigenvalue weighted by Gasteiger charge is 2.22. The third kappa shape index (κ3) is 20.2. The van der Waals surface area contributed by atoms with Gasteiger partial charge >= 0.3 is 23.9 Å². The van der Waals surface area contributed by atoms with Crippen LogP contribution in [0.15, 0.2) is 72.8 Å². The monoisotopic (exact) mass is 740 g/mol. The van der Waals surface area contributed by atoms with E-state index in [4.69, 9.17) is 32.0 Å². The number of carbonyl (C=O) groups is 7. The number of benzene rings is 3. The van der Waals surface area contributed by atoms with Gasteiger partial charge in [-0.25, -0.2) is 14.4 Å². The molecule has 3 rings (SSSR count). The molecule has 2 amide bonds. The number of rotatable bonds is 19. The first-order valence-electron chi connectivity index (χ1n) is 16.7. The van der Waals surface area contributed by atoms with E-state index in [2.05, 4.69) is 17.6 Å². The number of carboxylic acid groups (broad SMARTS) is 4. The van der Waals surface area contributed by atoms with Crippen molar-refractivity contribution < 1.29 is 54.0 Å². The van der Waals surface area contributed by atoms with Crippen molar-refractivity contribution in [1.29, 1.82) is 0 Å². The maximum absolute atomic E-state index is 11.6. The van der Waals surface area contributed by atoms with Gasteiger partial charge < -0.3 is 31.1 Å². The Hall–Kier alpha value is -5.56. The van der Waals surface area contributed by atoms with Crippen molar-refractivity contribution in [2.75, 3.05) is 5.32 Å². The summed E-state index contributed by atoms with van der Waals surface area (Å²) in [5.41, 5.74) is 1.33. The van der Waals surface area contributed by atoms with Gasteiger partial charge in [-0.2, -0.15) is 0 Å². The molecule has 0 heterocycles. The molecule has 280 valence electrons. The fourth-order valence-electron chi connectivity index (χ4n) is 4.57. The van der Waals surface area contributed by atoms with Crippen molar-refractivity contribution in [2.24, 2.45) is 0 Å². The van der Waals surface area contributed by atoms with E-state index in [-0.39, 0.29) is 12.0 Å². The number of aliphatic carboxylic acids is 3. The van der Waals surface area contributed by atoms with Crippen LogP contribution in [0.3, 0.4) is 0 Å². The molecule has 0 aliphatic heterocycles. The Morgan fingerprint density at radius 2 is 1.33 bits per heavy atom. The van der Waals surface area contributed by atoms with Gasteiger partial charge in [-0.05, 0) is 59.7 Å². The first kappa shape index (κ1) is 44.5. The van der Waals surface area contributed by atoms with E-state index in [0.29, 0.717) is 22.7 Å². The van der Waals surface area contributed by atoms with Crippen LogP contribution in [0.5, 0.6) is 0 Å². The Morgan fingerprint density at radius 1 is 0.731 bits per heavy atom. The molecule has 6 N–H and O–H groups in total. The van der Waals surface area contributed by atoms with Crippen LogP contribution in [-0.2, 0) is 24.0 Å². The summed E-state index contributed by atoms with van der Waals surface area (Å²) in [5.74, 6) is -5.58. The van der Waals surface area contributed by atoms with Crippen LogP contribution < -0.4 is 10.6 Å². The summed E-state index contributed by atoms with van der Waals surface area (Å²) in [7, 11) is 0. The maximum Gasteiger partial charge on any atom is 0.335 e. The van der Waals surface area contributed by atoms with Gasteiger partial charge in [-0.3, -0.25) is 19.2 Å². The predicted molar refractivity (Wildman–Crippen MR) is 197 cm³/mol. The van der Waals surface area contributed by atoms with Crippen LogP contribution in [0.25, 0.3) is 10.8 Å². The minimum Gasteiger partial charge on any atom is -0.481 e. The van der Waals surface area contributed by atoms with Gasteiger partial charge in [0, 0.05) is 34.8 Å². The van der Waals surface area contributed by atoms with E-state index < -0.39 is 48.2 Å². The van der Waals surface area contributed by atoms with E-state index in [9.17, 15) is 33.6 Å². The normalized spacial score (nSPS) is 10.9. The number of hydrogen-bond acceptors (Lipinski definition) is 7. The van der Waals surface area contributed by atoms with Crippen LogP contribution >= 0.6 is 11.6 Å². The molecule has 1 atom stereocenters. The Morgan fingerprint density at radius 3 is 1.87 bits per heavy atom. The Balaban J connectivity index is 0.000000400. The molecule has 0 spiro atoms. The topological polar surface area (TPSA) is 224 Å². The van der Waals surface area contributed by atoms with E-state index in [0.717, 1.165) is 42.1 Å².